The first-order valence-electron chi connectivity index (χ1n) is 3.13. The molecule has 9 heavy (non-hydrogen) atoms. The van der Waals surface area contributed by atoms with E-state index in [4.69, 9.17) is 0 Å². The third-order valence-electron chi connectivity index (χ3n) is 0.984. The molecule has 1 aliphatic rings. The number of hydrazone groups is 1. The van der Waals surface area contributed by atoms with E-state index in [1.54, 1.807) is 0 Å². The predicted molar refractivity (Wildman–Crippen MR) is 38.8 cm³/mol. The van der Waals surface area contributed by atoms with E-state index in [-0.39, 0.29) is 0 Å². The monoisotopic (exact) mass is 125 g/mol. The first-order valence-corrected chi connectivity index (χ1v) is 3.13. The van der Waals surface area contributed by atoms with E-state index < -0.39 is 0 Å². The van der Waals surface area contributed by atoms with Crippen LogP contribution in [0.1, 0.15) is 20.3 Å². The van der Waals surface area contributed by atoms with Crippen molar-refractivity contribution in [3.05, 3.63) is 0 Å². The zero-order chi connectivity index (χ0) is 6.69. The number of amidine groups is 1. The summed E-state index contributed by atoms with van der Waals surface area (Å²) in [7, 11) is 0. The van der Waals surface area contributed by atoms with Crippen molar-refractivity contribution in [2.75, 3.05) is 0 Å². The van der Waals surface area contributed by atoms with Crippen LogP contribution in [0.15, 0.2) is 10.1 Å². The Hall–Kier alpha value is -0.860. The Morgan fingerprint density at radius 3 is 3.00 bits per heavy atom. The van der Waals surface area contributed by atoms with Crippen molar-refractivity contribution in [3.63, 3.8) is 0 Å². The van der Waals surface area contributed by atoms with Crippen LogP contribution < -0.4 is 5.43 Å². The highest BCUT2D eigenvalue weighted by atomic mass is 15.3. The fourth-order valence-electron chi connectivity index (χ4n) is 0.691. The molecular weight excluding hydrogens is 114 g/mol. The molecule has 1 N–H and O–H groups in total. The molecule has 0 aromatic rings. The van der Waals surface area contributed by atoms with Gasteiger partial charge in [0.15, 0.2) is 0 Å². The van der Waals surface area contributed by atoms with Gasteiger partial charge in [0, 0.05) is 18.7 Å². The van der Waals surface area contributed by atoms with Crippen LogP contribution in [0.2, 0.25) is 0 Å². The molecule has 0 fully saturated rings. The lowest BCUT2D eigenvalue weighted by Crippen LogP contribution is -2.12. The number of hydrogen-bond donors (Lipinski definition) is 1. The van der Waals surface area contributed by atoms with E-state index in [1.165, 1.54) is 0 Å². The van der Waals surface area contributed by atoms with Crippen LogP contribution in [-0.2, 0) is 0 Å². The molecule has 0 unspecified atom stereocenters. The predicted octanol–water partition coefficient (Wildman–Crippen LogP) is 0.772. The highest BCUT2D eigenvalue weighted by molar-refractivity contribution is 5.97. The Balaban J connectivity index is 2.43. The van der Waals surface area contributed by atoms with E-state index in [0.717, 1.165) is 12.3 Å². The summed E-state index contributed by atoms with van der Waals surface area (Å²) in [5, 5.41) is 3.81. The normalized spacial score (nSPS) is 21.4. The second kappa shape index (κ2) is 2.62. The van der Waals surface area contributed by atoms with Gasteiger partial charge in [0.1, 0.15) is 5.84 Å². The van der Waals surface area contributed by atoms with Gasteiger partial charge in [-0.3, -0.25) is 10.4 Å². The fraction of sp³-hybridized carbons (Fsp3) is 0.667. The lowest BCUT2D eigenvalue weighted by atomic mass is 10.4. The standard InChI is InChI=1S/C6H11N3/c1-5(2)8-6-3-4-7-9-6/h4-5H,3H2,1-2H3,(H,8,9). The quantitative estimate of drug-likeness (QED) is 0.552. The Kier molecular flexibility index (Phi) is 1.82. The molecule has 0 atom stereocenters. The van der Waals surface area contributed by atoms with Crippen molar-refractivity contribution < 1.29 is 0 Å². The Morgan fingerprint density at radius 1 is 1.78 bits per heavy atom. The van der Waals surface area contributed by atoms with Gasteiger partial charge < -0.3 is 0 Å². The highest BCUT2D eigenvalue weighted by Crippen LogP contribution is 1.92. The van der Waals surface area contributed by atoms with Crippen molar-refractivity contribution in [2.24, 2.45) is 10.1 Å². The van der Waals surface area contributed by atoms with Crippen molar-refractivity contribution in [2.45, 2.75) is 26.3 Å². The second-order valence-corrected chi connectivity index (χ2v) is 2.30. The highest BCUT2D eigenvalue weighted by Gasteiger charge is 2.00. The Morgan fingerprint density at radius 2 is 2.56 bits per heavy atom. The molecule has 0 amide bonds. The van der Waals surface area contributed by atoms with E-state index in [0.29, 0.717) is 6.04 Å². The van der Waals surface area contributed by atoms with Gasteiger partial charge in [0.2, 0.25) is 0 Å². The van der Waals surface area contributed by atoms with Gasteiger partial charge in [-0.05, 0) is 13.8 Å². The average Bonchev–Trinajstić information content (AvgIpc) is 2.15. The largest absolute Gasteiger partial charge is 0.268 e. The maximum Gasteiger partial charge on any atom is 0.122 e. The average molecular weight is 125 g/mol. The van der Waals surface area contributed by atoms with E-state index in [1.807, 2.05) is 20.1 Å². The summed E-state index contributed by atoms with van der Waals surface area (Å²) in [5.74, 6) is 0.977. The van der Waals surface area contributed by atoms with Gasteiger partial charge >= 0.3 is 0 Å². The zero-order valence-electron chi connectivity index (χ0n) is 5.76. The molecular formula is C6H11N3. The maximum atomic E-state index is 4.26. The molecule has 3 nitrogen and oxygen atoms in total. The van der Waals surface area contributed by atoms with Gasteiger partial charge in [-0.25, -0.2) is 0 Å². The van der Waals surface area contributed by atoms with Crippen molar-refractivity contribution >= 4 is 12.1 Å². The first kappa shape index (κ1) is 6.26. The number of rotatable bonds is 1. The summed E-state index contributed by atoms with van der Waals surface area (Å²) in [6.07, 6.45) is 2.68. The minimum absolute atomic E-state index is 0.370. The number of hydrogen-bond acceptors (Lipinski definition) is 2. The molecule has 1 rings (SSSR count). The summed E-state index contributed by atoms with van der Waals surface area (Å²) < 4.78 is 0. The SMILES string of the molecule is CC(C)N=C1CC=NN1. The molecule has 0 spiro atoms. The molecule has 0 saturated heterocycles. The molecule has 0 aromatic carbocycles. The first-order chi connectivity index (χ1) is 4.29. The minimum Gasteiger partial charge on any atom is -0.268 e. The second-order valence-electron chi connectivity index (χ2n) is 2.30. The van der Waals surface area contributed by atoms with Crippen LogP contribution in [0.4, 0.5) is 0 Å². The van der Waals surface area contributed by atoms with Gasteiger partial charge in [-0.2, -0.15) is 5.10 Å². The lowest BCUT2D eigenvalue weighted by molar-refractivity contribution is 0.821. The summed E-state index contributed by atoms with van der Waals surface area (Å²) in [4.78, 5) is 4.26. The lowest BCUT2D eigenvalue weighted by Gasteiger charge is -1.98. The van der Waals surface area contributed by atoms with Crippen LogP contribution in [-0.4, -0.2) is 18.1 Å². The van der Waals surface area contributed by atoms with Crippen LogP contribution in [0.5, 0.6) is 0 Å². The molecule has 0 aromatic heterocycles. The van der Waals surface area contributed by atoms with Crippen LogP contribution in [0.25, 0.3) is 0 Å². The molecule has 0 bridgehead atoms. The van der Waals surface area contributed by atoms with Gasteiger partial charge in [0.05, 0.1) is 0 Å². The van der Waals surface area contributed by atoms with Crippen LogP contribution in [0, 0.1) is 0 Å². The maximum absolute atomic E-state index is 4.26. The molecule has 0 saturated carbocycles. The third-order valence-corrected chi connectivity index (χ3v) is 0.984. The topological polar surface area (TPSA) is 36.8 Å². The van der Waals surface area contributed by atoms with E-state index >= 15 is 0 Å². The molecule has 0 aliphatic carbocycles. The Bertz CT molecular complexity index is 136. The summed E-state index contributed by atoms with van der Waals surface area (Å²) in [6.45, 7) is 4.10. The molecule has 3 heteroatoms. The molecule has 0 radical (unpaired) electrons. The minimum atomic E-state index is 0.370. The van der Waals surface area contributed by atoms with Gasteiger partial charge in [-0.1, -0.05) is 0 Å². The van der Waals surface area contributed by atoms with Gasteiger partial charge in [0.25, 0.3) is 0 Å². The Labute approximate surface area is 54.9 Å². The molecule has 1 heterocycles. The molecule has 1 aliphatic heterocycles. The van der Waals surface area contributed by atoms with Crippen molar-refractivity contribution in [1.82, 2.24) is 5.43 Å². The summed E-state index contributed by atoms with van der Waals surface area (Å²) >= 11 is 0. The number of aliphatic imine (C=N–C) groups is 1. The number of nitrogens with zero attached hydrogens (tertiary/aromatic N) is 2. The summed E-state index contributed by atoms with van der Waals surface area (Å²) in [6, 6.07) is 0.370. The van der Waals surface area contributed by atoms with E-state index in [9.17, 15) is 0 Å². The van der Waals surface area contributed by atoms with Crippen LogP contribution >= 0.6 is 0 Å². The van der Waals surface area contributed by atoms with E-state index in [2.05, 4.69) is 15.5 Å². The third kappa shape index (κ3) is 1.83. The van der Waals surface area contributed by atoms with Gasteiger partial charge in [-0.15, -0.1) is 0 Å². The molecule has 50 valence electrons. The number of nitrogens with one attached hydrogen (secondary N) is 1. The zero-order valence-corrected chi connectivity index (χ0v) is 5.76. The smallest absolute Gasteiger partial charge is 0.122 e. The fourth-order valence-corrected chi connectivity index (χ4v) is 0.691. The van der Waals surface area contributed by atoms with Crippen LogP contribution in [0.3, 0.4) is 0 Å². The van der Waals surface area contributed by atoms with Crippen molar-refractivity contribution in [3.8, 4) is 0 Å². The van der Waals surface area contributed by atoms with Crippen molar-refractivity contribution in [1.29, 1.82) is 0 Å². The summed E-state index contributed by atoms with van der Waals surface area (Å²) in [5.41, 5.74) is 2.81.